The highest BCUT2D eigenvalue weighted by Crippen LogP contribution is 2.06. The molecular weight excluding hydrogens is 196 g/mol. The molecule has 2 nitrogen and oxygen atoms in total. The van der Waals surface area contributed by atoms with Crippen LogP contribution in [-0.4, -0.2) is 4.98 Å². The molecule has 0 spiro atoms. The molecule has 2 heteroatoms. The Morgan fingerprint density at radius 3 is 3.06 bits per heavy atom. The van der Waals surface area contributed by atoms with Crippen LogP contribution in [0.4, 0.5) is 0 Å². The molecule has 1 aliphatic heterocycles. The maximum absolute atomic E-state index is 4.54. The molecule has 0 radical (unpaired) electrons. The van der Waals surface area contributed by atoms with Gasteiger partial charge in [-0.05, 0) is 24.6 Å². The van der Waals surface area contributed by atoms with Crippen LogP contribution in [0.15, 0.2) is 47.2 Å². The fourth-order valence-corrected chi connectivity index (χ4v) is 1.94. The monoisotopic (exact) mass is 208 g/mol. The fourth-order valence-electron chi connectivity index (χ4n) is 1.94. The van der Waals surface area contributed by atoms with E-state index in [1.54, 1.807) is 0 Å². The normalized spacial score (nSPS) is 14.4. The molecule has 78 valence electrons. The van der Waals surface area contributed by atoms with Crippen molar-refractivity contribution in [3.63, 3.8) is 0 Å². The molecule has 0 unspecified atom stereocenters. The molecule has 0 amide bonds. The molecule has 0 aliphatic carbocycles. The number of allylic oxidation sites excluding steroid dienone is 1. The smallest absolute Gasteiger partial charge is 0.0964 e. The third kappa shape index (κ3) is 1.43. The SMILES string of the molecule is CC1=CN=c2c(ccc3cccnc23)=CC1. The standard InChI is InChI=1S/C14H12N2/c1-10-4-5-12-7-6-11-3-2-8-15-13(11)14(12)16-9-10/h2-3,5-9H,4H2,1H3. The van der Waals surface area contributed by atoms with Crippen LogP contribution >= 0.6 is 0 Å². The summed E-state index contributed by atoms with van der Waals surface area (Å²) in [5.41, 5.74) is 2.27. The molecule has 1 aliphatic rings. The van der Waals surface area contributed by atoms with Gasteiger partial charge >= 0.3 is 0 Å². The van der Waals surface area contributed by atoms with Crippen LogP contribution < -0.4 is 10.6 Å². The van der Waals surface area contributed by atoms with Crippen molar-refractivity contribution in [3.8, 4) is 0 Å². The maximum Gasteiger partial charge on any atom is 0.0964 e. The molecule has 0 fully saturated rings. The van der Waals surface area contributed by atoms with Gasteiger partial charge in [-0.2, -0.15) is 0 Å². The second kappa shape index (κ2) is 3.56. The first-order valence-corrected chi connectivity index (χ1v) is 5.42. The fraction of sp³-hybridized carbons (Fsp3) is 0.143. The van der Waals surface area contributed by atoms with Crippen molar-refractivity contribution >= 4 is 17.0 Å². The van der Waals surface area contributed by atoms with Crippen molar-refractivity contribution < 1.29 is 0 Å². The van der Waals surface area contributed by atoms with Crippen LogP contribution in [0.25, 0.3) is 17.0 Å². The Morgan fingerprint density at radius 1 is 1.19 bits per heavy atom. The largest absolute Gasteiger partial charge is 0.254 e. The van der Waals surface area contributed by atoms with Gasteiger partial charge in [0.05, 0.1) is 10.9 Å². The molecule has 16 heavy (non-hydrogen) atoms. The third-order valence-electron chi connectivity index (χ3n) is 2.84. The van der Waals surface area contributed by atoms with Gasteiger partial charge < -0.3 is 0 Å². The molecule has 0 bridgehead atoms. The highest BCUT2D eigenvalue weighted by molar-refractivity contribution is 5.78. The quantitative estimate of drug-likeness (QED) is 0.649. The number of rotatable bonds is 0. The summed E-state index contributed by atoms with van der Waals surface area (Å²) < 4.78 is 0. The van der Waals surface area contributed by atoms with E-state index in [-0.39, 0.29) is 0 Å². The van der Waals surface area contributed by atoms with Crippen LogP contribution in [0.5, 0.6) is 0 Å². The zero-order chi connectivity index (χ0) is 11.0. The van der Waals surface area contributed by atoms with Crippen molar-refractivity contribution in [1.29, 1.82) is 0 Å². The Labute approximate surface area is 93.7 Å². The summed E-state index contributed by atoms with van der Waals surface area (Å²) >= 11 is 0. The molecular formula is C14H12N2. The number of benzene rings is 1. The average molecular weight is 208 g/mol. The lowest BCUT2D eigenvalue weighted by atomic mass is 10.1. The molecule has 0 N–H and O–H groups in total. The van der Waals surface area contributed by atoms with Crippen LogP contribution in [-0.2, 0) is 0 Å². The third-order valence-corrected chi connectivity index (χ3v) is 2.84. The minimum Gasteiger partial charge on any atom is -0.254 e. The Hall–Kier alpha value is -1.96. The van der Waals surface area contributed by atoms with Crippen LogP contribution in [0.3, 0.4) is 0 Å². The van der Waals surface area contributed by atoms with E-state index in [9.17, 15) is 0 Å². The Balaban J connectivity index is 2.51. The minimum atomic E-state index is 0.967. The van der Waals surface area contributed by atoms with E-state index in [1.807, 2.05) is 18.5 Å². The highest BCUT2D eigenvalue weighted by atomic mass is 14.7. The van der Waals surface area contributed by atoms with Gasteiger partial charge in [-0.1, -0.05) is 29.8 Å². The lowest BCUT2D eigenvalue weighted by Gasteiger charge is -1.96. The van der Waals surface area contributed by atoms with E-state index in [4.69, 9.17) is 0 Å². The van der Waals surface area contributed by atoms with Crippen LogP contribution in [0.2, 0.25) is 0 Å². The summed E-state index contributed by atoms with van der Waals surface area (Å²) in [4.78, 5) is 8.96. The molecule has 0 saturated heterocycles. The molecule has 0 saturated carbocycles. The van der Waals surface area contributed by atoms with Crippen molar-refractivity contribution in [2.45, 2.75) is 13.3 Å². The maximum atomic E-state index is 4.54. The minimum absolute atomic E-state index is 0.967. The number of pyridine rings is 1. The molecule has 1 aromatic carbocycles. The summed E-state index contributed by atoms with van der Waals surface area (Å²) in [6.45, 7) is 2.10. The first-order chi connectivity index (χ1) is 7.84. The van der Waals surface area contributed by atoms with Crippen molar-refractivity contribution in [2.75, 3.05) is 0 Å². The van der Waals surface area contributed by atoms with Gasteiger partial charge in [0.25, 0.3) is 0 Å². The number of hydrogen-bond donors (Lipinski definition) is 0. The second-order valence-electron chi connectivity index (χ2n) is 4.09. The molecule has 2 aromatic rings. The molecule has 2 heterocycles. The summed E-state index contributed by atoms with van der Waals surface area (Å²) in [6.07, 6.45) is 6.94. The Bertz CT molecular complexity index is 696. The summed E-state index contributed by atoms with van der Waals surface area (Å²) in [5.74, 6) is 0. The van der Waals surface area contributed by atoms with Gasteiger partial charge in [0.15, 0.2) is 0 Å². The molecule has 0 atom stereocenters. The van der Waals surface area contributed by atoms with Gasteiger partial charge in [-0.25, -0.2) is 0 Å². The zero-order valence-electron chi connectivity index (χ0n) is 9.14. The number of hydrogen-bond acceptors (Lipinski definition) is 2. The van der Waals surface area contributed by atoms with Crippen molar-refractivity contribution in [2.24, 2.45) is 4.99 Å². The number of nitrogens with zero attached hydrogens (tertiary/aromatic N) is 2. The summed E-state index contributed by atoms with van der Waals surface area (Å²) in [6, 6.07) is 8.25. The van der Waals surface area contributed by atoms with Crippen LogP contribution in [0, 0.1) is 0 Å². The predicted octanol–water partition coefficient (Wildman–Crippen LogP) is 1.94. The Morgan fingerprint density at radius 2 is 2.12 bits per heavy atom. The predicted molar refractivity (Wildman–Crippen MR) is 65.4 cm³/mol. The second-order valence-corrected chi connectivity index (χ2v) is 4.09. The number of aromatic nitrogens is 1. The van der Waals surface area contributed by atoms with Gasteiger partial charge in [0.2, 0.25) is 0 Å². The summed E-state index contributed by atoms with van der Waals surface area (Å²) in [7, 11) is 0. The van der Waals surface area contributed by atoms with Crippen LogP contribution in [0.1, 0.15) is 13.3 Å². The van der Waals surface area contributed by atoms with E-state index < -0.39 is 0 Å². The number of fused-ring (bicyclic) bond motifs is 3. The lowest BCUT2D eigenvalue weighted by Crippen LogP contribution is -2.25. The van der Waals surface area contributed by atoms with E-state index >= 15 is 0 Å². The first kappa shape index (κ1) is 9.28. The van der Waals surface area contributed by atoms with Gasteiger partial charge in [-0.15, -0.1) is 0 Å². The van der Waals surface area contributed by atoms with E-state index in [2.05, 4.69) is 41.2 Å². The average Bonchev–Trinajstić information content (AvgIpc) is 2.52. The van der Waals surface area contributed by atoms with Crippen molar-refractivity contribution in [3.05, 3.63) is 52.8 Å². The van der Waals surface area contributed by atoms with E-state index in [1.165, 1.54) is 10.8 Å². The van der Waals surface area contributed by atoms with E-state index in [0.717, 1.165) is 22.7 Å². The molecule has 1 aromatic heterocycles. The highest BCUT2D eigenvalue weighted by Gasteiger charge is 2.00. The van der Waals surface area contributed by atoms with Gasteiger partial charge in [-0.3, -0.25) is 9.98 Å². The first-order valence-electron chi connectivity index (χ1n) is 5.42. The van der Waals surface area contributed by atoms with Gasteiger partial charge in [0, 0.05) is 17.8 Å². The van der Waals surface area contributed by atoms with Crippen molar-refractivity contribution in [1.82, 2.24) is 4.98 Å². The topological polar surface area (TPSA) is 25.2 Å². The lowest BCUT2D eigenvalue weighted by molar-refractivity contribution is 1.23. The van der Waals surface area contributed by atoms with E-state index in [0.29, 0.717) is 0 Å². The zero-order valence-corrected chi connectivity index (χ0v) is 9.14. The summed E-state index contributed by atoms with van der Waals surface area (Å²) in [5, 5.41) is 3.32. The Kier molecular flexibility index (Phi) is 2.07. The molecule has 3 rings (SSSR count). The van der Waals surface area contributed by atoms with Gasteiger partial charge in [0.1, 0.15) is 0 Å².